The molecule has 0 amide bonds. The van der Waals surface area contributed by atoms with E-state index in [1.165, 1.54) is 0 Å². The first kappa shape index (κ1) is 10.9. The van der Waals surface area contributed by atoms with E-state index in [4.69, 9.17) is 5.11 Å². The van der Waals surface area contributed by atoms with Gasteiger partial charge in [-0.25, -0.2) is 9.79 Å². The normalized spacial score (nSPS) is 15.7. The third kappa shape index (κ3) is 1.99. The Labute approximate surface area is 97.5 Å². The SMILES string of the molecule is CCC1=NC(C(=O)O)=CCN1c1ccsc1. The van der Waals surface area contributed by atoms with E-state index < -0.39 is 5.97 Å². The van der Waals surface area contributed by atoms with Crippen LogP contribution in [0.15, 0.2) is 33.6 Å². The number of hydrogen-bond donors (Lipinski definition) is 1. The molecule has 1 aliphatic rings. The molecule has 0 radical (unpaired) electrons. The molecule has 1 aliphatic heterocycles. The molecule has 16 heavy (non-hydrogen) atoms. The zero-order chi connectivity index (χ0) is 11.5. The number of aliphatic imine (C=N–C) groups is 1. The van der Waals surface area contributed by atoms with Crippen LogP contribution in [0.25, 0.3) is 0 Å². The molecule has 1 aromatic heterocycles. The van der Waals surface area contributed by atoms with Crippen LogP contribution in [-0.2, 0) is 4.79 Å². The summed E-state index contributed by atoms with van der Waals surface area (Å²) < 4.78 is 0. The fourth-order valence-electron chi connectivity index (χ4n) is 1.60. The molecule has 0 aromatic carbocycles. The van der Waals surface area contributed by atoms with Crippen LogP contribution in [0, 0.1) is 0 Å². The Morgan fingerprint density at radius 2 is 2.50 bits per heavy atom. The Kier molecular flexibility index (Phi) is 3.05. The topological polar surface area (TPSA) is 52.9 Å². The quantitative estimate of drug-likeness (QED) is 0.876. The van der Waals surface area contributed by atoms with Gasteiger partial charge in [0.2, 0.25) is 0 Å². The highest BCUT2D eigenvalue weighted by Crippen LogP contribution is 2.22. The number of hydrogen-bond acceptors (Lipinski definition) is 4. The van der Waals surface area contributed by atoms with Crippen molar-refractivity contribution in [2.75, 3.05) is 11.4 Å². The molecule has 2 heterocycles. The maximum absolute atomic E-state index is 10.8. The Morgan fingerprint density at radius 3 is 3.06 bits per heavy atom. The van der Waals surface area contributed by atoms with E-state index in [0.717, 1.165) is 17.9 Å². The van der Waals surface area contributed by atoms with Crippen molar-refractivity contribution < 1.29 is 9.90 Å². The number of carboxylic acid groups (broad SMARTS) is 1. The minimum Gasteiger partial charge on any atom is -0.477 e. The van der Waals surface area contributed by atoms with E-state index in [9.17, 15) is 4.79 Å². The van der Waals surface area contributed by atoms with Gasteiger partial charge in [0.25, 0.3) is 0 Å². The summed E-state index contributed by atoms with van der Waals surface area (Å²) in [5, 5.41) is 12.9. The summed E-state index contributed by atoms with van der Waals surface area (Å²) in [6, 6.07) is 2.01. The van der Waals surface area contributed by atoms with Crippen LogP contribution in [0.1, 0.15) is 13.3 Å². The molecule has 0 unspecified atom stereocenters. The van der Waals surface area contributed by atoms with Crippen molar-refractivity contribution >= 4 is 28.8 Å². The van der Waals surface area contributed by atoms with Crippen LogP contribution in [0.2, 0.25) is 0 Å². The Balaban J connectivity index is 2.28. The zero-order valence-electron chi connectivity index (χ0n) is 8.88. The average molecular weight is 236 g/mol. The lowest BCUT2D eigenvalue weighted by Crippen LogP contribution is -2.33. The van der Waals surface area contributed by atoms with E-state index in [-0.39, 0.29) is 5.70 Å². The van der Waals surface area contributed by atoms with Gasteiger partial charge < -0.3 is 10.0 Å². The lowest BCUT2D eigenvalue weighted by atomic mass is 10.2. The van der Waals surface area contributed by atoms with Crippen molar-refractivity contribution in [2.45, 2.75) is 13.3 Å². The second-order valence-corrected chi connectivity index (χ2v) is 4.15. The number of carbonyl (C=O) groups is 1. The van der Waals surface area contributed by atoms with Crippen molar-refractivity contribution in [1.29, 1.82) is 0 Å². The molecular formula is C11H12N2O2S. The smallest absolute Gasteiger partial charge is 0.354 e. The standard InChI is InChI=1S/C11H12N2O2S/c1-2-10-12-9(11(14)15)3-5-13(10)8-4-6-16-7-8/h3-4,6-7H,2,5H2,1H3,(H,14,15). The number of aliphatic carboxylic acids is 1. The molecule has 4 nitrogen and oxygen atoms in total. The minimum absolute atomic E-state index is 0.142. The van der Waals surface area contributed by atoms with E-state index in [0.29, 0.717) is 6.54 Å². The fourth-order valence-corrected chi connectivity index (χ4v) is 2.24. The van der Waals surface area contributed by atoms with Gasteiger partial charge in [-0.2, -0.15) is 11.3 Å². The molecule has 0 saturated carbocycles. The summed E-state index contributed by atoms with van der Waals surface area (Å²) in [5.41, 5.74) is 1.22. The molecule has 0 saturated heterocycles. The van der Waals surface area contributed by atoms with E-state index in [1.807, 2.05) is 28.7 Å². The highest BCUT2D eigenvalue weighted by atomic mass is 32.1. The predicted octanol–water partition coefficient (Wildman–Crippen LogP) is 2.35. The molecule has 0 fully saturated rings. The third-order valence-electron chi connectivity index (χ3n) is 2.38. The van der Waals surface area contributed by atoms with Crippen molar-refractivity contribution in [3.8, 4) is 0 Å². The first-order valence-electron chi connectivity index (χ1n) is 5.03. The van der Waals surface area contributed by atoms with Gasteiger partial charge in [-0.05, 0) is 17.5 Å². The number of anilines is 1. The van der Waals surface area contributed by atoms with Gasteiger partial charge in [-0.1, -0.05) is 6.92 Å². The van der Waals surface area contributed by atoms with E-state index in [1.54, 1.807) is 17.4 Å². The highest BCUT2D eigenvalue weighted by molar-refractivity contribution is 7.08. The molecule has 0 atom stereocenters. The Morgan fingerprint density at radius 1 is 1.69 bits per heavy atom. The lowest BCUT2D eigenvalue weighted by molar-refractivity contribution is -0.132. The Bertz CT molecular complexity index is 449. The first-order chi connectivity index (χ1) is 7.72. The number of thiophene rings is 1. The summed E-state index contributed by atoms with van der Waals surface area (Å²) >= 11 is 1.62. The van der Waals surface area contributed by atoms with Gasteiger partial charge in [0, 0.05) is 18.3 Å². The maximum atomic E-state index is 10.8. The lowest BCUT2D eigenvalue weighted by Gasteiger charge is -2.26. The van der Waals surface area contributed by atoms with Crippen LogP contribution in [0.5, 0.6) is 0 Å². The van der Waals surface area contributed by atoms with Crippen LogP contribution < -0.4 is 4.90 Å². The van der Waals surface area contributed by atoms with Crippen LogP contribution >= 0.6 is 11.3 Å². The number of carboxylic acids is 1. The second-order valence-electron chi connectivity index (χ2n) is 3.37. The van der Waals surface area contributed by atoms with Gasteiger partial charge in [0.1, 0.15) is 11.5 Å². The zero-order valence-corrected chi connectivity index (χ0v) is 9.70. The highest BCUT2D eigenvalue weighted by Gasteiger charge is 2.19. The summed E-state index contributed by atoms with van der Waals surface area (Å²) in [7, 11) is 0. The van der Waals surface area contributed by atoms with Crippen molar-refractivity contribution in [3.63, 3.8) is 0 Å². The van der Waals surface area contributed by atoms with Gasteiger partial charge >= 0.3 is 5.97 Å². The molecule has 0 bridgehead atoms. The average Bonchev–Trinajstić information content (AvgIpc) is 2.81. The molecule has 1 aromatic rings. The van der Waals surface area contributed by atoms with Crippen molar-refractivity contribution in [3.05, 3.63) is 28.6 Å². The number of rotatable bonds is 3. The van der Waals surface area contributed by atoms with Gasteiger partial charge in [-0.15, -0.1) is 0 Å². The summed E-state index contributed by atoms with van der Waals surface area (Å²) in [6.07, 6.45) is 2.36. The van der Waals surface area contributed by atoms with Gasteiger partial charge in [0.15, 0.2) is 0 Å². The fraction of sp³-hybridized carbons (Fsp3) is 0.273. The number of nitrogens with zero attached hydrogens (tertiary/aromatic N) is 2. The van der Waals surface area contributed by atoms with Crippen LogP contribution in [-0.4, -0.2) is 23.5 Å². The van der Waals surface area contributed by atoms with Crippen molar-refractivity contribution in [1.82, 2.24) is 0 Å². The monoisotopic (exact) mass is 236 g/mol. The Hall–Kier alpha value is -1.62. The number of amidine groups is 1. The van der Waals surface area contributed by atoms with Gasteiger partial charge in [-0.3, -0.25) is 0 Å². The molecule has 84 valence electrons. The molecule has 0 spiro atoms. The van der Waals surface area contributed by atoms with Crippen LogP contribution in [0.3, 0.4) is 0 Å². The van der Waals surface area contributed by atoms with E-state index >= 15 is 0 Å². The van der Waals surface area contributed by atoms with Crippen molar-refractivity contribution in [2.24, 2.45) is 4.99 Å². The molecule has 0 aliphatic carbocycles. The predicted molar refractivity (Wildman–Crippen MR) is 65.1 cm³/mol. The second kappa shape index (κ2) is 4.49. The molecule has 1 N–H and O–H groups in total. The van der Waals surface area contributed by atoms with Gasteiger partial charge in [0.05, 0.1) is 5.69 Å². The summed E-state index contributed by atoms with van der Waals surface area (Å²) in [6.45, 7) is 2.55. The first-order valence-corrected chi connectivity index (χ1v) is 5.97. The molecular weight excluding hydrogens is 224 g/mol. The minimum atomic E-state index is -0.962. The summed E-state index contributed by atoms with van der Waals surface area (Å²) in [4.78, 5) is 17.0. The molecule has 2 rings (SSSR count). The third-order valence-corrected chi connectivity index (χ3v) is 3.05. The summed E-state index contributed by atoms with van der Waals surface area (Å²) in [5.74, 6) is -0.158. The van der Waals surface area contributed by atoms with E-state index in [2.05, 4.69) is 4.99 Å². The maximum Gasteiger partial charge on any atom is 0.354 e. The largest absolute Gasteiger partial charge is 0.477 e. The van der Waals surface area contributed by atoms with Crippen LogP contribution in [0.4, 0.5) is 5.69 Å². The molecule has 5 heteroatoms.